The smallest absolute Gasteiger partial charge is 0.0267 e. The Morgan fingerprint density at radius 2 is 2.53 bits per heavy atom. The first-order valence-electron chi connectivity index (χ1n) is 5.83. The Kier molecular flexibility index (Phi) is 3.98. The molecule has 15 heavy (non-hydrogen) atoms. The zero-order chi connectivity index (χ0) is 10.5. The van der Waals surface area contributed by atoms with E-state index in [0.29, 0.717) is 6.04 Å². The molecule has 0 spiro atoms. The number of hydrogen-bond acceptors (Lipinski definition) is 2. The van der Waals surface area contributed by atoms with Crippen LogP contribution in [0.25, 0.3) is 6.08 Å². The van der Waals surface area contributed by atoms with E-state index in [1.54, 1.807) is 11.3 Å². The molecule has 0 bridgehead atoms. The van der Waals surface area contributed by atoms with Crippen LogP contribution in [0.3, 0.4) is 0 Å². The van der Waals surface area contributed by atoms with Gasteiger partial charge in [0.25, 0.3) is 0 Å². The van der Waals surface area contributed by atoms with Gasteiger partial charge in [0.05, 0.1) is 0 Å². The van der Waals surface area contributed by atoms with E-state index in [9.17, 15) is 0 Å². The second-order valence-electron chi connectivity index (χ2n) is 4.23. The van der Waals surface area contributed by atoms with Crippen molar-refractivity contribution in [1.82, 2.24) is 5.32 Å². The molecule has 0 aromatic carbocycles. The van der Waals surface area contributed by atoms with E-state index in [4.69, 9.17) is 0 Å². The summed E-state index contributed by atoms with van der Waals surface area (Å²) in [6.07, 6.45) is 8.55. The van der Waals surface area contributed by atoms with E-state index >= 15 is 0 Å². The molecule has 1 N–H and O–H groups in total. The summed E-state index contributed by atoms with van der Waals surface area (Å²) in [6, 6.07) is 4.86. The fourth-order valence-electron chi connectivity index (χ4n) is 2.15. The van der Waals surface area contributed by atoms with Crippen molar-refractivity contribution in [2.24, 2.45) is 5.92 Å². The summed E-state index contributed by atoms with van der Waals surface area (Å²) in [6.45, 7) is 3.48. The van der Waals surface area contributed by atoms with Crippen molar-refractivity contribution in [3.8, 4) is 0 Å². The Morgan fingerprint density at radius 3 is 3.27 bits per heavy atom. The Balaban J connectivity index is 1.88. The number of thiophene rings is 1. The van der Waals surface area contributed by atoms with Gasteiger partial charge in [0.1, 0.15) is 0 Å². The molecule has 0 saturated carbocycles. The molecule has 82 valence electrons. The van der Waals surface area contributed by atoms with Gasteiger partial charge in [-0.2, -0.15) is 0 Å². The van der Waals surface area contributed by atoms with Crippen LogP contribution < -0.4 is 5.32 Å². The average Bonchev–Trinajstić information content (AvgIpc) is 2.79. The molecule has 1 fully saturated rings. The van der Waals surface area contributed by atoms with Crippen LogP contribution in [0.2, 0.25) is 0 Å². The van der Waals surface area contributed by atoms with Gasteiger partial charge < -0.3 is 5.32 Å². The van der Waals surface area contributed by atoms with Crippen LogP contribution in [-0.2, 0) is 0 Å². The van der Waals surface area contributed by atoms with E-state index < -0.39 is 0 Å². The molecular formula is C13H19NS. The van der Waals surface area contributed by atoms with Crippen LogP contribution in [-0.4, -0.2) is 12.6 Å². The van der Waals surface area contributed by atoms with Gasteiger partial charge in [0.2, 0.25) is 0 Å². The molecule has 0 radical (unpaired) electrons. The average molecular weight is 221 g/mol. The van der Waals surface area contributed by atoms with Crippen LogP contribution in [0.5, 0.6) is 0 Å². The highest BCUT2D eigenvalue weighted by Crippen LogP contribution is 2.20. The number of nitrogens with one attached hydrogen (secondary N) is 1. The molecule has 1 aromatic rings. The lowest BCUT2D eigenvalue weighted by atomic mass is 9.90. The number of piperidine rings is 1. The summed E-state index contributed by atoms with van der Waals surface area (Å²) in [5, 5.41) is 5.69. The zero-order valence-corrected chi connectivity index (χ0v) is 10.1. The Morgan fingerprint density at radius 1 is 1.60 bits per heavy atom. The van der Waals surface area contributed by atoms with Crippen molar-refractivity contribution < 1.29 is 0 Å². The van der Waals surface area contributed by atoms with E-state index in [0.717, 1.165) is 5.92 Å². The summed E-state index contributed by atoms with van der Waals surface area (Å²) in [5.74, 6) is 0.921. The molecule has 1 saturated heterocycles. The maximum atomic E-state index is 3.56. The standard InChI is InChI=1S/C13H19NS/c1-2-11-7-8-14-12(10-11)5-6-13-4-3-9-15-13/h3-6,9,11-12,14H,2,7-8,10H2,1H3/b6-5+. The lowest BCUT2D eigenvalue weighted by molar-refractivity contribution is 0.326. The molecular weight excluding hydrogens is 202 g/mol. The molecule has 2 unspecified atom stereocenters. The molecule has 2 heterocycles. The van der Waals surface area contributed by atoms with E-state index in [2.05, 4.69) is 41.9 Å². The fraction of sp³-hybridized carbons (Fsp3) is 0.538. The molecule has 2 rings (SSSR count). The summed E-state index contributed by atoms with van der Waals surface area (Å²) >= 11 is 1.80. The van der Waals surface area contributed by atoms with Crippen molar-refractivity contribution in [3.63, 3.8) is 0 Å². The third kappa shape index (κ3) is 3.18. The van der Waals surface area contributed by atoms with Crippen LogP contribution in [0.15, 0.2) is 23.6 Å². The van der Waals surface area contributed by atoms with Gasteiger partial charge in [-0.15, -0.1) is 11.3 Å². The summed E-state index contributed by atoms with van der Waals surface area (Å²) in [5.41, 5.74) is 0. The monoisotopic (exact) mass is 221 g/mol. The van der Waals surface area contributed by atoms with Crippen LogP contribution in [0.4, 0.5) is 0 Å². The maximum absolute atomic E-state index is 3.56. The maximum Gasteiger partial charge on any atom is 0.0267 e. The van der Waals surface area contributed by atoms with Gasteiger partial charge in [-0.1, -0.05) is 25.5 Å². The minimum absolute atomic E-state index is 0.589. The van der Waals surface area contributed by atoms with Gasteiger partial charge >= 0.3 is 0 Å². The number of rotatable bonds is 3. The van der Waals surface area contributed by atoms with E-state index in [1.807, 2.05) is 0 Å². The molecule has 0 amide bonds. The van der Waals surface area contributed by atoms with Crippen molar-refractivity contribution in [1.29, 1.82) is 0 Å². The molecule has 1 nitrogen and oxygen atoms in total. The first kappa shape index (κ1) is 10.9. The molecule has 2 heteroatoms. The van der Waals surface area contributed by atoms with E-state index in [1.165, 1.54) is 30.7 Å². The molecule has 1 aromatic heterocycles. The van der Waals surface area contributed by atoms with Crippen molar-refractivity contribution in [3.05, 3.63) is 28.5 Å². The third-order valence-corrected chi connectivity index (χ3v) is 4.00. The van der Waals surface area contributed by atoms with Crippen molar-refractivity contribution in [2.75, 3.05) is 6.54 Å². The second kappa shape index (κ2) is 5.47. The van der Waals surface area contributed by atoms with Crippen LogP contribution in [0, 0.1) is 5.92 Å². The van der Waals surface area contributed by atoms with Gasteiger partial charge in [-0.3, -0.25) is 0 Å². The summed E-state index contributed by atoms with van der Waals surface area (Å²) in [4.78, 5) is 1.36. The Labute approximate surface area is 96.2 Å². The highest BCUT2D eigenvalue weighted by molar-refractivity contribution is 7.10. The Hall–Kier alpha value is -0.600. The predicted molar refractivity (Wildman–Crippen MR) is 68.2 cm³/mol. The Bertz CT molecular complexity index is 302. The quantitative estimate of drug-likeness (QED) is 0.823. The van der Waals surface area contributed by atoms with E-state index in [-0.39, 0.29) is 0 Å². The molecule has 2 atom stereocenters. The first-order valence-corrected chi connectivity index (χ1v) is 6.71. The van der Waals surface area contributed by atoms with Gasteiger partial charge in [-0.25, -0.2) is 0 Å². The van der Waals surface area contributed by atoms with Crippen LogP contribution in [0.1, 0.15) is 31.1 Å². The third-order valence-electron chi connectivity index (χ3n) is 3.16. The van der Waals surface area contributed by atoms with Crippen molar-refractivity contribution >= 4 is 17.4 Å². The lowest BCUT2D eigenvalue weighted by Crippen LogP contribution is -2.36. The van der Waals surface area contributed by atoms with Gasteiger partial charge in [0.15, 0.2) is 0 Å². The highest BCUT2D eigenvalue weighted by atomic mass is 32.1. The minimum atomic E-state index is 0.589. The van der Waals surface area contributed by atoms with Crippen molar-refractivity contribution in [2.45, 2.75) is 32.2 Å². The fourth-order valence-corrected chi connectivity index (χ4v) is 2.78. The van der Waals surface area contributed by atoms with Gasteiger partial charge in [0, 0.05) is 10.9 Å². The second-order valence-corrected chi connectivity index (χ2v) is 5.21. The van der Waals surface area contributed by atoms with Crippen LogP contribution >= 0.6 is 11.3 Å². The number of hydrogen-bond donors (Lipinski definition) is 1. The normalized spacial score (nSPS) is 27.3. The summed E-state index contributed by atoms with van der Waals surface area (Å²) in [7, 11) is 0. The zero-order valence-electron chi connectivity index (χ0n) is 9.28. The largest absolute Gasteiger partial charge is 0.310 e. The minimum Gasteiger partial charge on any atom is -0.310 e. The molecule has 1 aliphatic rings. The molecule has 0 aliphatic carbocycles. The predicted octanol–water partition coefficient (Wildman–Crippen LogP) is 3.54. The van der Waals surface area contributed by atoms with Gasteiger partial charge in [-0.05, 0) is 42.8 Å². The SMILES string of the molecule is CCC1CCNC(/C=C/c2cccs2)C1. The topological polar surface area (TPSA) is 12.0 Å². The first-order chi connectivity index (χ1) is 7.38. The molecule has 1 aliphatic heterocycles. The lowest BCUT2D eigenvalue weighted by Gasteiger charge is -2.27. The highest BCUT2D eigenvalue weighted by Gasteiger charge is 2.17. The summed E-state index contributed by atoms with van der Waals surface area (Å²) < 4.78 is 0.